The zero-order valence-electron chi connectivity index (χ0n) is 21.4. The summed E-state index contributed by atoms with van der Waals surface area (Å²) in [4.78, 5) is 41.5. The lowest BCUT2D eigenvalue weighted by molar-refractivity contribution is 0.0586. The van der Waals surface area contributed by atoms with E-state index in [0.29, 0.717) is 45.9 Å². The van der Waals surface area contributed by atoms with Crippen molar-refractivity contribution in [1.29, 1.82) is 0 Å². The Morgan fingerprint density at radius 2 is 1.72 bits per heavy atom. The summed E-state index contributed by atoms with van der Waals surface area (Å²) in [5.41, 5.74) is 2.86. The van der Waals surface area contributed by atoms with Gasteiger partial charge in [-0.2, -0.15) is 0 Å². The number of methoxy groups -OCH3 is 2. The van der Waals surface area contributed by atoms with Crippen molar-refractivity contribution in [2.75, 3.05) is 14.2 Å². The predicted octanol–water partition coefficient (Wildman–Crippen LogP) is 4.97. The lowest BCUT2D eigenvalue weighted by Crippen LogP contribution is -2.43. The highest BCUT2D eigenvalue weighted by Crippen LogP contribution is 2.27. The number of Topliss-reactive ketones (excluding diaryl/α,β-unsaturated/α-hetero) is 1. The van der Waals surface area contributed by atoms with Crippen molar-refractivity contribution in [3.8, 4) is 5.75 Å². The predicted molar refractivity (Wildman–Crippen MR) is 134 cm³/mol. The summed E-state index contributed by atoms with van der Waals surface area (Å²) in [6, 6.07) is 11.6. The Kier molecular flexibility index (Phi) is 8.29. The fourth-order valence-electron chi connectivity index (χ4n) is 4.46. The van der Waals surface area contributed by atoms with Crippen LogP contribution in [0.4, 0.5) is 4.39 Å². The quantitative estimate of drug-likeness (QED) is 0.310. The van der Waals surface area contributed by atoms with Gasteiger partial charge in [-0.15, -0.1) is 0 Å². The Hall–Kier alpha value is -3.94. The molecule has 0 fully saturated rings. The molecule has 0 saturated heterocycles. The summed E-state index contributed by atoms with van der Waals surface area (Å²) in [6.45, 7) is 7.57. The molecule has 1 heterocycles. The van der Waals surface area contributed by atoms with Gasteiger partial charge < -0.3 is 18.9 Å². The van der Waals surface area contributed by atoms with E-state index in [1.807, 2.05) is 6.92 Å². The van der Waals surface area contributed by atoms with Gasteiger partial charge in [-0.05, 0) is 69.2 Å². The van der Waals surface area contributed by atoms with Gasteiger partial charge in [0.2, 0.25) is 0 Å². The number of carbonyl (C=O) groups is 3. The summed E-state index contributed by atoms with van der Waals surface area (Å²) >= 11 is 0. The molecule has 36 heavy (non-hydrogen) atoms. The molecule has 3 aromatic rings. The topological polar surface area (TPSA) is 77.8 Å². The van der Waals surface area contributed by atoms with Crippen LogP contribution in [-0.2, 0) is 17.8 Å². The van der Waals surface area contributed by atoms with Crippen LogP contribution in [0.3, 0.4) is 0 Å². The van der Waals surface area contributed by atoms with Crippen molar-refractivity contribution in [2.24, 2.45) is 0 Å². The number of rotatable bonds is 9. The van der Waals surface area contributed by atoms with Crippen LogP contribution in [0.5, 0.6) is 5.75 Å². The molecule has 0 radical (unpaired) electrons. The molecule has 0 aliphatic heterocycles. The number of benzene rings is 2. The third-order valence-electron chi connectivity index (χ3n) is 6.40. The number of halogens is 1. The second kappa shape index (κ2) is 11.2. The number of aromatic nitrogens is 1. The highest BCUT2D eigenvalue weighted by molar-refractivity contribution is 6.07. The van der Waals surface area contributed by atoms with Crippen LogP contribution in [0.25, 0.3) is 0 Å². The third kappa shape index (κ3) is 5.17. The summed E-state index contributed by atoms with van der Waals surface area (Å²) in [6.07, 6.45) is 0. The summed E-state index contributed by atoms with van der Waals surface area (Å²) in [5, 5.41) is 0. The Morgan fingerprint density at radius 3 is 2.31 bits per heavy atom. The van der Waals surface area contributed by atoms with Gasteiger partial charge in [0.1, 0.15) is 17.3 Å². The molecule has 0 aliphatic carbocycles. The largest absolute Gasteiger partial charge is 0.497 e. The van der Waals surface area contributed by atoms with Gasteiger partial charge in [0.15, 0.2) is 5.78 Å². The summed E-state index contributed by atoms with van der Waals surface area (Å²) in [5.74, 6) is -1.09. The minimum absolute atomic E-state index is 0.0830. The van der Waals surface area contributed by atoms with Crippen LogP contribution < -0.4 is 4.74 Å². The van der Waals surface area contributed by atoms with Crippen LogP contribution in [0, 0.1) is 19.7 Å². The average molecular weight is 495 g/mol. The van der Waals surface area contributed by atoms with Crippen LogP contribution in [0.1, 0.15) is 61.9 Å². The number of ether oxygens (including phenoxy) is 2. The maximum Gasteiger partial charge on any atom is 0.354 e. The van der Waals surface area contributed by atoms with E-state index in [1.54, 1.807) is 61.7 Å². The molecule has 7 nitrogen and oxygen atoms in total. The molecular weight excluding hydrogens is 463 g/mol. The smallest absolute Gasteiger partial charge is 0.354 e. The molecule has 0 saturated carbocycles. The van der Waals surface area contributed by atoms with Crippen LogP contribution in [0.2, 0.25) is 0 Å². The summed E-state index contributed by atoms with van der Waals surface area (Å²) in [7, 11) is 2.81. The first-order valence-corrected chi connectivity index (χ1v) is 11.7. The second-order valence-corrected chi connectivity index (χ2v) is 8.50. The monoisotopic (exact) mass is 494 g/mol. The van der Waals surface area contributed by atoms with Gasteiger partial charge in [0.05, 0.1) is 20.3 Å². The molecule has 1 aromatic heterocycles. The van der Waals surface area contributed by atoms with E-state index in [1.165, 1.54) is 31.3 Å². The van der Waals surface area contributed by atoms with Gasteiger partial charge in [-0.3, -0.25) is 9.59 Å². The number of hydrogen-bond donors (Lipinski definition) is 0. The van der Waals surface area contributed by atoms with Crippen molar-refractivity contribution < 1.29 is 28.2 Å². The zero-order chi connectivity index (χ0) is 26.6. The van der Waals surface area contributed by atoms with E-state index in [4.69, 9.17) is 9.47 Å². The van der Waals surface area contributed by atoms with Crippen LogP contribution in [-0.4, -0.2) is 47.4 Å². The molecule has 0 bridgehead atoms. The highest BCUT2D eigenvalue weighted by atomic mass is 19.1. The fourth-order valence-corrected chi connectivity index (χ4v) is 4.46. The Balaban J connectivity index is 2.07. The molecule has 0 spiro atoms. The van der Waals surface area contributed by atoms with Crippen molar-refractivity contribution >= 4 is 17.7 Å². The molecule has 0 aliphatic rings. The standard InChI is InChI=1S/C28H31FN2O5/c1-7-30-18(3)24(17(2)25(30)28(34)36-6)26(32)19(4)31(16-20-11-13-22(29)14-12-20)27(33)21-9-8-10-23(15-21)35-5/h8-15,19H,7,16H2,1-6H3/t19-/m0/s1. The third-order valence-corrected chi connectivity index (χ3v) is 6.40. The van der Waals surface area contributed by atoms with E-state index in [2.05, 4.69) is 0 Å². The van der Waals surface area contributed by atoms with Gasteiger partial charge in [-0.1, -0.05) is 18.2 Å². The zero-order valence-corrected chi connectivity index (χ0v) is 21.4. The van der Waals surface area contributed by atoms with E-state index in [-0.39, 0.29) is 18.2 Å². The van der Waals surface area contributed by atoms with Crippen LogP contribution >= 0.6 is 0 Å². The van der Waals surface area contributed by atoms with E-state index in [9.17, 15) is 18.8 Å². The lowest BCUT2D eigenvalue weighted by atomic mass is 9.98. The molecule has 2 aromatic carbocycles. The van der Waals surface area contributed by atoms with Crippen molar-refractivity contribution in [2.45, 2.75) is 46.8 Å². The molecule has 1 amide bonds. The number of ketones is 1. The van der Waals surface area contributed by atoms with Crippen molar-refractivity contribution in [1.82, 2.24) is 9.47 Å². The number of carbonyl (C=O) groups excluding carboxylic acids is 3. The Bertz CT molecular complexity index is 1280. The number of amides is 1. The van der Waals surface area contributed by atoms with E-state index in [0.717, 1.165) is 0 Å². The minimum Gasteiger partial charge on any atom is -0.497 e. The first kappa shape index (κ1) is 26.7. The molecule has 190 valence electrons. The average Bonchev–Trinajstić information content (AvgIpc) is 3.15. The summed E-state index contributed by atoms with van der Waals surface area (Å²) < 4.78 is 25.5. The Morgan fingerprint density at radius 1 is 1.06 bits per heavy atom. The van der Waals surface area contributed by atoms with Gasteiger partial charge in [0.25, 0.3) is 5.91 Å². The number of nitrogens with zero attached hydrogens (tertiary/aromatic N) is 2. The molecule has 8 heteroatoms. The molecule has 0 N–H and O–H groups in total. The van der Waals surface area contributed by atoms with E-state index >= 15 is 0 Å². The molecular formula is C28H31FN2O5. The van der Waals surface area contributed by atoms with Gasteiger partial charge >= 0.3 is 5.97 Å². The van der Waals surface area contributed by atoms with Crippen molar-refractivity contribution in [3.05, 3.63) is 88.0 Å². The maximum atomic E-state index is 13.9. The maximum absolute atomic E-state index is 13.9. The first-order chi connectivity index (χ1) is 17.1. The Labute approximate surface area is 210 Å². The molecule has 3 rings (SSSR count). The molecule has 0 unspecified atom stereocenters. The van der Waals surface area contributed by atoms with Gasteiger partial charge in [0, 0.05) is 29.9 Å². The normalized spacial score (nSPS) is 11.6. The highest BCUT2D eigenvalue weighted by Gasteiger charge is 2.33. The first-order valence-electron chi connectivity index (χ1n) is 11.7. The minimum atomic E-state index is -0.885. The second-order valence-electron chi connectivity index (χ2n) is 8.50. The lowest BCUT2D eigenvalue weighted by Gasteiger charge is -2.29. The number of hydrogen-bond acceptors (Lipinski definition) is 5. The van der Waals surface area contributed by atoms with Crippen LogP contribution in [0.15, 0.2) is 48.5 Å². The fraction of sp³-hybridized carbons (Fsp3) is 0.321. The SMILES string of the molecule is CCn1c(C)c(C(=O)[C@H](C)N(Cc2ccc(F)cc2)C(=O)c2cccc(OC)c2)c(C)c1C(=O)OC. The number of esters is 1. The van der Waals surface area contributed by atoms with Crippen molar-refractivity contribution in [3.63, 3.8) is 0 Å². The van der Waals surface area contributed by atoms with Gasteiger partial charge in [-0.25, -0.2) is 9.18 Å². The molecule has 1 atom stereocenters. The van der Waals surface area contributed by atoms with E-state index < -0.39 is 17.8 Å².